The monoisotopic (exact) mass is 234 g/mol. The van der Waals surface area contributed by atoms with Gasteiger partial charge in [0.1, 0.15) is 0 Å². The van der Waals surface area contributed by atoms with E-state index >= 15 is 0 Å². The molecule has 0 aliphatic carbocycles. The Morgan fingerprint density at radius 2 is 1.80 bits per heavy atom. The third kappa shape index (κ3) is 3.99. The molecule has 0 aliphatic heterocycles. The van der Waals surface area contributed by atoms with E-state index in [0.29, 0.717) is 0 Å². The molecular formula is C12H18OSi2. The van der Waals surface area contributed by atoms with Gasteiger partial charge in [0.05, 0.1) is 0 Å². The third-order valence-electron chi connectivity index (χ3n) is 2.32. The lowest BCUT2D eigenvalue weighted by atomic mass is 10.2. The first kappa shape index (κ1) is 12.2. The van der Waals surface area contributed by atoms with Gasteiger partial charge in [-0.2, -0.15) is 0 Å². The highest BCUT2D eigenvalue weighted by Gasteiger charge is 2.16. The lowest BCUT2D eigenvalue weighted by molar-refractivity contribution is 0.615. The van der Waals surface area contributed by atoms with Gasteiger partial charge in [-0.25, -0.2) is 0 Å². The summed E-state index contributed by atoms with van der Waals surface area (Å²) < 4.78 is 5.97. The Balaban J connectivity index is 2.58. The van der Waals surface area contributed by atoms with Gasteiger partial charge in [-0.15, -0.1) is 6.58 Å². The molecule has 3 heteroatoms. The van der Waals surface area contributed by atoms with Crippen LogP contribution in [-0.2, 0) is 4.12 Å². The second kappa shape index (κ2) is 5.25. The molecule has 0 fully saturated rings. The summed E-state index contributed by atoms with van der Waals surface area (Å²) in [7, 11) is -2.17. The van der Waals surface area contributed by atoms with Crippen molar-refractivity contribution in [3.63, 3.8) is 0 Å². The fourth-order valence-corrected chi connectivity index (χ4v) is 4.13. The molecule has 0 saturated heterocycles. The molecule has 1 aromatic carbocycles. The maximum absolute atomic E-state index is 5.97. The van der Waals surface area contributed by atoms with E-state index in [1.807, 2.05) is 11.8 Å². The maximum Gasteiger partial charge on any atom is 0.197 e. The van der Waals surface area contributed by atoms with E-state index < -0.39 is 18.1 Å². The fourth-order valence-electron chi connectivity index (χ4n) is 1.08. The molecule has 0 atom stereocenters. The van der Waals surface area contributed by atoms with E-state index in [1.54, 1.807) is 0 Å². The van der Waals surface area contributed by atoms with Crippen LogP contribution in [0.1, 0.15) is 5.56 Å². The minimum Gasteiger partial charge on any atom is -0.454 e. The van der Waals surface area contributed by atoms with Gasteiger partial charge in [0.2, 0.25) is 0 Å². The van der Waals surface area contributed by atoms with E-state index in [9.17, 15) is 0 Å². The first-order chi connectivity index (χ1) is 7.07. The summed E-state index contributed by atoms with van der Waals surface area (Å²) in [4.78, 5) is 0. The Kier molecular flexibility index (Phi) is 4.26. The van der Waals surface area contributed by atoms with Crippen LogP contribution in [0.2, 0.25) is 13.1 Å². The van der Waals surface area contributed by atoms with E-state index in [0.717, 1.165) is 5.56 Å². The van der Waals surface area contributed by atoms with Crippen LogP contribution in [0, 0.1) is 0 Å². The number of rotatable bonds is 5. The Bertz CT molecular complexity index is 341. The van der Waals surface area contributed by atoms with Crippen molar-refractivity contribution < 1.29 is 4.12 Å². The van der Waals surface area contributed by atoms with Gasteiger partial charge < -0.3 is 4.12 Å². The number of hydrogen-bond donors (Lipinski definition) is 0. The van der Waals surface area contributed by atoms with Crippen molar-refractivity contribution in [3.05, 3.63) is 48.7 Å². The largest absolute Gasteiger partial charge is 0.454 e. The predicted octanol–water partition coefficient (Wildman–Crippen LogP) is 1.99. The Morgan fingerprint density at radius 1 is 1.20 bits per heavy atom. The summed E-state index contributed by atoms with van der Waals surface area (Å²) in [6, 6.07) is 8.44. The molecule has 0 heterocycles. The summed E-state index contributed by atoms with van der Waals surface area (Å²) >= 11 is 0. The Hall–Kier alpha value is -0.906. The van der Waals surface area contributed by atoms with Gasteiger partial charge >= 0.3 is 0 Å². The minimum absolute atomic E-state index is 0.594. The molecule has 0 aromatic heterocycles. The SMILES string of the molecule is C=Cc1ccc([SiH2]O[Si](C)(C)C=C)cc1. The number of hydrogen-bond acceptors (Lipinski definition) is 1. The molecule has 0 spiro atoms. The molecule has 0 bridgehead atoms. The zero-order chi connectivity index (χ0) is 11.3. The fraction of sp³-hybridized carbons (Fsp3) is 0.167. The molecule has 0 N–H and O–H groups in total. The van der Waals surface area contributed by atoms with Crippen LogP contribution in [0.3, 0.4) is 0 Å². The minimum atomic E-state index is -1.58. The lowest BCUT2D eigenvalue weighted by Gasteiger charge is -2.18. The highest BCUT2D eigenvalue weighted by atomic mass is 28.4. The van der Waals surface area contributed by atoms with Crippen LogP contribution in [0.25, 0.3) is 6.08 Å². The van der Waals surface area contributed by atoms with Crippen LogP contribution in [0.15, 0.2) is 43.1 Å². The molecule has 80 valence electrons. The molecule has 0 saturated carbocycles. The van der Waals surface area contributed by atoms with E-state index in [4.69, 9.17) is 4.12 Å². The molecule has 0 radical (unpaired) electrons. The molecular weight excluding hydrogens is 216 g/mol. The summed E-state index contributed by atoms with van der Waals surface area (Å²) in [5.41, 5.74) is 3.14. The summed E-state index contributed by atoms with van der Waals surface area (Å²) in [5, 5.41) is 1.34. The van der Waals surface area contributed by atoms with E-state index in [2.05, 4.69) is 50.5 Å². The average molecular weight is 234 g/mol. The van der Waals surface area contributed by atoms with Crippen molar-refractivity contribution in [2.75, 3.05) is 0 Å². The van der Waals surface area contributed by atoms with Gasteiger partial charge in [0, 0.05) is 0 Å². The predicted molar refractivity (Wildman–Crippen MR) is 73.5 cm³/mol. The molecule has 1 rings (SSSR count). The smallest absolute Gasteiger partial charge is 0.197 e. The van der Waals surface area contributed by atoms with Crippen LogP contribution in [0.5, 0.6) is 0 Å². The molecule has 1 nitrogen and oxygen atoms in total. The van der Waals surface area contributed by atoms with Crippen molar-refractivity contribution >= 4 is 29.3 Å². The van der Waals surface area contributed by atoms with Crippen molar-refractivity contribution in [2.24, 2.45) is 0 Å². The van der Waals surface area contributed by atoms with Crippen LogP contribution < -0.4 is 5.19 Å². The second-order valence-corrected chi connectivity index (χ2v) is 9.92. The second-order valence-electron chi connectivity index (χ2n) is 4.04. The van der Waals surface area contributed by atoms with Gasteiger partial charge in [-0.3, -0.25) is 0 Å². The van der Waals surface area contributed by atoms with Crippen LogP contribution >= 0.6 is 0 Å². The van der Waals surface area contributed by atoms with Crippen molar-refractivity contribution in [1.29, 1.82) is 0 Å². The van der Waals surface area contributed by atoms with Gasteiger partial charge in [0.15, 0.2) is 18.1 Å². The molecule has 0 unspecified atom stereocenters. The van der Waals surface area contributed by atoms with Crippen LogP contribution in [0.4, 0.5) is 0 Å². The van der Waals surface area contributed by atoms with Crippen molar-refractivity contribution in [2.45, 2.75) is 13.1 Å². The summed E-state index contributed by atoms with van der Waals surface area (Å²) in [5.74, 6) is 0. The zero-order valence-electron chi connectivity index (χ0n) is 9.49. The third-order valence-corrected chi connectivity index (χ3v) is 7.66. The maximum atomic E-state index is 5.97. The van der Waals surface area contributed by atoms with Gasteiger partial charge in [0.25, 0.3) is 0 Å². The Labute approximate surface area is 95.6 Å². The topological polar surface area (TPSA) is 9.23 Å². The van der Waals surface area contributed by atoms with Crippen LogP contribution in [-0.4, -0.2) is 18.1 Å². The zero-order valence-corrected chi connectivity index (χ0v) is 11.9. The van der Waals surface area contributed by atoms with E-state index in [-0.39, 0.29) is 0 Å². The first-order valence-electron chi connectivity index (χ1n) is 5.06. The summed E-state index contributed by atoms with van der Waals surface area (Å²) in [6.07, 6.45) is 1.86. The van der Waals surface area contributed by atoms with Gasteiger partial charge in [-0.1, -0.05) is 42.6 Å². The normalized spacial score (nSPS) is 11.9. The van der Waals surface area contributed by atoms with Crippen molar-refractivity contribution in [1.82, 2.24) is 0 Å². The molecule has 0 amide bonds. The molecule has 0 aliphatic rings. The Morgan fingerprint density at radius 3 is 2.27 bits per heavy atom. The molecule has 1 aromatic rings. The molecule has 15 heavy (non-hydrogen) atoms. The van der Waals surface area contributed by atoms with E-state index in [1.165, 1.54) is 5.19 Å². The number of benzene rings is 1. The lowest BCUT2D eigenvalue weighted by Crippen LogP contribution is -2.34. The average Bonchev–Trinajstić information content (AvgIpc) is 2.27. The van der Waals surface area contributed by atoms with Gasteiger partial charge in [-0.05, 0) is 23.8 Å². The standard InChI is InChI=1S/C12H18OSi2/c1-5-11-7-9-12(10-8-11)14-13-15(3,4)6-2/h5-10H,1-2,14H2,3-4H3. The summed E-state index contributed by atoms with van der Waals surface area (Å²) in [6.45, 7) is 11.9. The highest BCUT2D eigenvalue weighted by Crippen LogP contribution is 2.03. The quantitative estimate of drug-likeness (QED) is 0.708. The highest BCUT2D eigenvalue weighted by molar-refractivity contribution is 6.81. The van der Waals surface area contributed by atoms with Crippen molar-refractivity contribution in [3.8, 4) is 0 Å². The first-order valence-corrected chi connectivity index (χ1v) is 9.33.